The number of anilines is 2. The molecule has 2 aliphatic rings. The van der Waals surface area contributed by atoms with Gasteiger partial charge in [-0.3, -0.25) is 9.58 Å². The van der Waals surface area contributed by atoms with Crippen LogP contribution in [0.4, 0.5) is 25.2 Å². The van der Waals surface area contributed by atoms with Crippen LogP contribution in [0.3, 0.4) is 0 Å². The molecule has 3 aromatic heterocycles. The van der Waals surface area contributed by atoms with Crippen molar-refractivity contribution in [1.29, 1.82) is 0 Å². The smallest absolute Gasteiger partial charge is 0.410 e. The molecule has 4 aromatic rings. The molecule has 43 heavy (non-hydrogen) atoms. The van der Waals surface area contributed by atoms with Gasteiger partial charge in [0.25, 0.3) is 0 Å². The molecule has 11 nitrogen and oxygen atoms in total. The first-order valence-electron chi connectivity index (χ1n) is 14.5. The molecular formula is C30H36F2N8O3. The van der Waals surface area contributed by atoms with E-state index in [1.54, 1.807) is 34.1 Å². The lowest BCUT2D eigenvalue weighted by Gasteiger charge is -2.33. The van der Waals surface area contributed by atoms with Crippen molar-refractivity contribution in [2.24, 2.45) is 0 Å². The van der Waals surface area contributed by atoms with Crippen LogP contribution in [0.1, 0.15) is 45.2 Å². The van der Waals surface area contributed by atoms with Crippen LogP contribution in [-0.2, 0) is 16.0 Å². The summed E-state index contributed by atoms with van der Waals surface area (Å²) in [6.07, 6.45) is 8.20. The van der Waals surface area contributed by atoms with Crippen LogP contribution in [0.5, 0.6) is 0 Å². The third kappa shape index (κ3) is 6.62. The van der Waals surface area contributed by atoms with Crippen LogP contribution < -0.4 is 5.32 Å². The molecule has 1 aromatic carbocycles. The fourth-order valence-corrected chi connectivity index (χ4v) is 5.42. The molecule has 6 rings (SSSR count). The van der Waals surface area contributed by atoms with Crippen LogP contribution in [-0.4, -0.2) is 85.2 Å². The molecule has 0 bridgehead atoms. The second kappa shape index (κ2) is 11.9. The van der Waals surface area contributed by atoms with E-state index in [1.807, 2.05) is 36.5 Å². The number of likely N-dealkylation sites (tertiary alicyclic amines) is 1. The van der Waals surface area contributed by atoms with Gasteiger partial charge >= 0.3 is 6.09 Å². The van der Waals surface area contributed by atoms with E-state index in [0.717, 1.165) is 18.2 Å². The highest BCUT2D eigenvalue weighted by molar-refractivity contribution is 5.78. The summed E-state index contributed by atoms with van der Waals surface area (Å²) in [5, 5.41) is 8.44. The van der Waals surface area contributed by atoms with Crippen LogP contribution in [0.25, 0.3) is 16.7 Å². The van der Waals surface area contributed by atoms with E-state index in [2.05, 4.69) is 20.4 Å². The summed E-state index contributed by atoms with van der Waals surface area (Å²) in [6.45, 7) is 9.36. The molecular weight excluding hydrogens is 558 g/mol. The number of aromatic nitrogens is 5. The molecule has 0 unspecified atom stereocenters. The SMILES string of the molecule is CC(C)(C)OC(=O)N1CCC(n2cc(Nc3ncc4ccn(-c5cc(F)c(CN6CCOCC6)c(F)c5)c4n3)cn2)CC1. The van der Waals surface area contributed by atoms with Crippen LogP contribution >= 0.6 is 0 Å². The third-order valence-corrected chi connectivity index (χ3v) is 7.66. The molecule has 1 amide bonds. The van der Waals surface area contributed by atoms with Gasteiger partial charge in [0.1, 0.15) is 22.9 Å². The van der Waals surface area contributed by atoms with Crippen molar-refractivity contribution in [3.63, 3.8) is 0 Å². The van der Waals surface area contributed by atoms with Crippen molar-refractivity contribution in [3.05, 3.63) is 60.2 Å². The number of carbonyl (C=O) groups is 1. The molecule has 13 heteroatoms. The maximum atomic E-state index is 15.1. The first-order chi connectivity index (χ1) is 20.6. The number of rotatable bonds is 6. The molecule has 2 saturated heterocycles. The summed E-state index contributed by atoms with van der Waals surface area (Å²) >= 11 is 0. The minimum Gasteiger partial charge on any atom is -0.444 e. The molecule has 0 atom stereocenters. The predicted octanol–water partition coefficient (Wildman–Crippen LogP) is 5.04. The number of carbonyl (C=O) groups excluding carboxylic acids is 1. The molecule has 1 N–H and O–H groups in total. The highest BCUT2D eigenvalue weighted by Gasteiger charge is 2.28. The molecule has 2 aliphatic heterocycles. The van der Waals surface area contributed by atoms with Gasteiger partial charge in [-0.15, -0.1) is 0 Å². The number of morpholine rings is 1. The Bertz CT molecular complexity index is 1580. The Hall–Kier alpha value is -4.10. The van der Waals surface area contributed by atoms with Gasteiger partial charge in [-0.2, -0.15) is 10.1 Å². The fourth-order valence-electron chi connectivity index (χ4n) is 5.42. The van der Waals surface area contributed by atoms with Crippen molar-refractivity contribution >= 4 is 28.8 Å². The number of hydrogen-bond donors (Lipinski definition) is 1. The molecule has 0 aliphatic carbocycles. The second-order valence-electron chi connectivity index (χ2n) is 12.0. The molecule has 2 fully saturated rings. The summed E-state index contributed by atoms with van der Waals surface area (Å²) in [5.74, 6) is -0.864. The number of piperidine rings is 1. The van der Waals surface area contributed by atoms with Crippen molar-refractivity contribution in [2.45, 2.75) is 51.8 Å². The van der Waals surface area contributed by atoms with Gasteiger partial charge in [-0.1, -0.05) is 0 Å². The van der Waals surface area contributed by atoms with E-state index in [0.29, 0.717) is 62.4 Å². The van der Waals surface area contributed by atoms with Gasteiger partial charge in [0, 0.05) is 62.3 Å². The van der Waals surface area contributed by atoms with Crippen LogP contribution in [0.2, 0.25) is 0 Å². The third-order valence-electron chi connectivity index (χ3n) is 7.66. The van der Waals surface area contributed by atoms with Crippen LogP contribution in [0.15, 0.2) is 43.0 Å². The van der Waals surface area contributed by atoms with E-state index < -0.39 is 17.2 Å². The average Bonchev–Trinajstić information content (AvgIpc) is 3.62. The molecule has 0 saturated carbocycles. The monoisotopic (exact) mass is 594 g/mol. The minimum absolute atomic E-state index is 0.0478. The molecule has 5 heterocycles. The van der Waals surface area contributed by atoms with Crippen molar-refractivity contribution in [3.8, 4) is 5.69 Å². The van der Waals surface area contributed by atoms with Gasteiger partial charge in [-0.05, 0) is 51.8 Å². The minimum atomic E-state index is -0.597. The Morgan fingerprint density at radius 3 is 2.51 bits per heavy atom. The standard InChI is InChI=1S/C30H36F2N8O3/c1-30(2,3)43-29(41)38-7-5-22(6-8-38)40-18-21(17-34-40)35-28-33-16-20-4-9-39(27(20)36-28)23-14-25(31)24(26(32)15-23)19-37-10-12-42-13-11-37/h4,9,14-18,22H,5-8,10-13,19H2,1-3H3,(H,33,35,36). The number of benzene rings is 1. The number of nitrogens with one attached hydrogen (secondary N) is 1. The lowest BCUT2D eigenvalue weighted by Crippen LogP contribution is -2.42. The normalized spacial score (nSPS) is 17.0. The largest absolute Gasteiger partial charge is 0.444 e. The van der Waals surface area contributed by atoms with Gasteiger partial charge < -0.3 is 24.3 Å². The lowest BCUT2D eigenvalue weighted by atomic mass is 10.1. The van der Waals surface area contributed by atoms with Gasteiger partial charge in [0.15, 0.2) is 0 Å². The van der Waals surface area contributed by atoms with E-state index in [-0.39, 0.29) is 24.2 Å². The highest BCUT2D eigenvalue weighted by Crippen LogP contribution is 2.27. The zero-order valence-corrected chi connectivity index (χ0v) is 24.6. The summed E-state index contributed by atoms with van der Waals surface area (Å²) < 4.78 is 44.6. The Labute approximate surface area is 248 Å². The zero-order chi connectivity index (χ0) is 30.1. The molecule has 0 spiro atoms. The summed E-state index contributed by atoms with van der Waals surface area (Å²) in [6, 6.07) is 4.63. The number of ether oxygens (including phenoxy) is 2. The summed E-state index contributed by atoms with van der Waals surface area (Å²) in [5.41, 5.74) is 1.08. The molecule has 0 radical (unpaired) electrons. The predicted molar refractivity (Wildman–Crippen MR) is 156 cm³/mol. The highest BCUT2D eigenvalue weighted by atomic mass is 19.1. The van der Waals surface area contributed by atoms with Gasteiger partial charge in [-0.25, -0.2) is 18.6 Å². The number of nitrogens with zero attached hydrogens (tertiary/aromatic N) is 7. The van der Waals surface area contributed by atoms with E-state index in [1.165, 1.54) is 12.1 Å². The quantitative estimate of drug-likeness (QED) is 0.331. The Morgan fingerprint density at radius 1 is 1.09 bits per heavy atom. The lowest BCUT2D eigenvalue weighted by molar-refractivity contribution is 0.0184. The van der Waals surface area contributed by atoms with E-state index in [4.69, 9.17) is 9.47 Å². The number of hydrogen-bond acceptors (Lipinski definition) is 8. The maximum Gasteiger partial charge on any atom is 0.410 e. The average molecular weight is 595 g/mol. The summed E-state index contributed by atoms with van der Waals surface area (Å²) in [7, 11) is 0. The zero-order valence-electron chi connectivity index (χ0n) is 24.6. The van der Waals surface area contributed by atoms with Crippen molar-refractivity contribution < 1.29 is 23.0 Å². The Kier molecular flexibility index (Phi) is 8.01. The summed E-state index contributed by atoms with van der Waals surface area (Å²) in [4.78, 5) is 25.2. The fraction of sp³-hybridized carbons (Fsp3) is 0.467. The topological polar surface area (TPSA) is 103 Å². The van der Waals surface area contributed by atoms with Gasteiger partial charge in [0.05, 0.1) is 36.8 Å². The number of halogens is 2. The van der Waals surface area contributed by atoms with E-state index >= 15 is 8.78 Å². The first-order valence-corrected chi connectivity index (χ1v) is 14.5. The van der Waals surface area contributed by atoms with Crippen molar-refractivity contribution in [2.75, 3.05) is 44.7 Å². The van der Waals surface area contributed by atoms with Gasteiger partial charge in [0.2, 0.25) is 5.95 Å². The Balaban J connectivity index is 1.14. The first kappa shape index (κ1) is 29.0. The Morgan fingerprint density at radius 2 is 1.81 bits per heavy atom. The molecule has 228 valence electrons. The van der Waals surface area contributed by atoms with Crippen LogP contribution in [0, 0.1) is 11.6 Å². The second-order valence-corrected chi connectivity index (χ2v) is 12.0. The maximum absolute atomic E-state index is 15.1. The van der Waals surface area contributed by atoms with E-state index in [9.17, 15) is 4.79 Å². The van der Waals surface area contributed by atoms with Crippen molar-refractivity contribution in [1.82, 2.24) is 34.1 Å². The number of fused-ring (bicyclic) bond motifs is 1. The number of amides is 1.